The zero-order valence-corrected chi connectivity index (χ0v) is 12.5. The molecular formula is C13H19N3O3S. The van der Waals surface area contributed by atoms with E-state index < -0.39 is 4.92 Å². The van der Waals surface area contributed by atoms with Crippen LogP contribution in [0.1, 0.15) is 35.4 Å². The Morgan fingerprint density at radius 1 is 1.40 bits per heavy atom. The van der Waals surface area contributed by atoms with Gasteiger partial charge in [-0.05, 0) is 38.8 Å². The second-order valence-corrected chi connectivity index (χ2v) is 6.17. The Morgan fingerprint density at radius 3 is 2.55 bits per heavy atom. The van der Waals surface area contributed by atoms with Gasteiger partial charge < -0.3 is 10.2 Å². The van der Waals surface area contributed by atoms with Crippen LogP contribution in [-0.4, -0.2) is 41.9 Å². The number of hydrogen-bond donors (Lipinski definition) is 1. The van der Waals surface area contributed by atoms with Crippen molar-refractivity contribution >= 4 is 22.2 Å². The van der Waals surface area contributed by atoms with E-state index in [1.165, 1.54) is 6.07 Å². The molecule has 0 saturated heterocycles. The fraction of sp³-hybridized carbons (Fsp3) is 0.615. The van der Waals surface area contributed by atoms with Gasteiger partial charge in [0.2, 0.25) is 0 Å². The fourth-order valence-electron chi connectivity index (χ4n) is 2.63. The molecule has 110 valence electrons. The third kappa shape index (κ3) is 3.16. The molecule has 0 aliphatic heterocycles. The topological polar surface area (TPSA) is 75.5 Å². The van der Waals surface area contributed by atoms with Crippen molar-refractivity contribution in [2.24, 2.45) is 0 Å². The van der Waals surface area contributed by atoms with Gasteiger partial charge >= 0.3 is 5.00 Å². The zero-order valence-electron chi connectivity index (χ0n) is 11.7. The van der Waals surface area contributed by atoms with E-state index in [-0.39, 0.29) is 17.0 Å². The van der Waals surface area contributed by atoms with Crippen LogP contribution in [0.5, 0.6) is 0 Å². The number of nitrogens with zero attached hydrogens (tertiary/aromatic N) is 2. The Labute approximate surface area is 121 Å². The molecule has 6 nitrogen and oxygen atoms in total. The predicted octanol–water partition coefficient (Wildman–Crippen LogP) is 2.26. The molecule has 1 heterocycles. The molecular weight excluding hydrogens is 278 g/mol. The number of thiophene rings is 1. The average molecular weight is 297 g/mol. The third-order valence-electron chi connectivity index (χ3n) is 3.96. The van der Waals surface area contributed by atoms with Gasteiger partial charge in [0.1, 0.15) is 0 Å². The predicted molar refractivity (Wildman–Crippen MR) is 78.2 cm³/mol. The van der Waals surface area contributed by atoms with Crippen LogP contribution in [0.25, 0.3) is 0 Å². The molecule has 1 aromatic heterocycles. The summed E-state index contributed by atoms with van der Waals surface area (Å²) in [5, 5.41) is 13.9. The fourth-order valence-corrected chi connectivity index (χ4v) is 3.44. The SMILES string of the molecule is CNC1CCC(N(C)C(=O)c2ccc([N+](=O)[O-])s2)CC1. The number of amides is 1. The van der Waals surface area contributed by atoms with Crippen LogP contribution in [0.3, 0.4) is 0 Å². The second kappa shape index (κ2) is 6.32. The highest BCUT2D eigenvalue weighted by molar-refractivity contribution is 7.17. The maximum Gasteiger partial charge on any atom is 0.324 e. The molecule has 0 atom stereocenters. The molecule has 0 unspecified atom stereocenters. The normalized spacial score (nSPS) is 22.5. The lowest BCUT2D eigenvalue weighted by Gasteiger charge is -2.34. The van der Waals surface area contributed by atoms with Crippen molar-refractivity contribution in [2.45, 2.75) is 37.8 Å². The number of nitrogens with one attached hydrogen (secondary N) is 1. The highest BCUT2D eigenvalue weighted by Crippen LogP contribution is 2.28. The smallest absolute Gasteiger partial charge is 0.324 e. The summed E-state index contributed by atoms with van der Waals surface area (Å²) >= 11 is 0.944. The van der Waals surface area contributed by atoms with Gasteiger partial charge in [-0.3, -0.25) is 14.9 Å². The minimum Gasteiger partial charge on any atom is -0.338 e. The zero-order chi connectivity index (χ0) is 14.7. The monoisotopic (exact) mass is 297 g/mol. The van der Waals surface area contributed by atoms with Crippen molar-refractivity contribution in [1.29, 1.82) is 0 Å². The largest absolute Gasteiger partial charge is 0.338 e. The summed E-state index contributed by atoms with van der Waals surface area (Å²) in [5.41, 5.74) is 0. The van der Waals surface area contributed by atoms with Gasteiger partial charge in [0.05, 0.1) is 9.80 Å². The Bertz CT molecular complexity index is 495. The summed E-state index contributed by atoms with van der Waals surface area (Å²) in [7, 11) is 3.75. The van der Waals surface area contributed by atoms with E-state index in [1.807, 2.05) is 7.05 Å². The van der Waals surface area contributed by atoms with Gasteiger partial charge in [0.25, 0.3) is 5.91 Å². The van der Waals surface area contributed by atoms with Crippen molar-refractivity contribution < 1.29 is 9.72 Å². The number of carbonyl (C=O) groups is 1. The lowest BCUT2D eigenvalue weighted by molar-refractivity contribution is -0.380. The lowest BCUT2D eigenvalue weighted by atomic mass is 9.90. The third-order valence-corrected chi connectivity index (χ3v) is 4.98. The standard InChI is InChI=1S/C13H19N3O3S/c1-14-9-3-5-10(6-4-9)15(2)13(17)11-7-8-12(20-11)16(18)19/h7-10,14H,3-6H2,1-2H3. The number of rotatable bonds is 4. The molecule has 7 heteroatoms. The molecule has 0 spiro atoms. The highest BCUT2D eigenvalue weighted by atomic mass is 32.1. The summed E-state index contributed by atoms with van der Waals surface area (Å²) < 4.78 is 0. The minimum atomic E-state index is -0.459. The van der Waals surface area contributed by atoms with E-state index in [4.69, 9.17) is 0 Å². The van der Waals surface area contributed by atoms with Crippen molar-refractivity contribution in [3.63, 3.8) is 0 Å². The van der Waals surface area contributed by atoms with E-state index >= 15 is 0 Å². The molecule has 1 N–H and O–H groups in total. The van der Waals surface area contributed by atoms with Crippen LogP contribution < -0.4 is 5.32 Å². The molecule has 0 bridgehead atoms. The van der Waals surface area contributed by atoms with Gasteiger partial charge in [0, 0.05) is 25.2 Å². The van der Waals surface area contributed by atoms with E-state index in [0.717, 1.165) is 37.0 Å². The molecule has 2 rings (SSSR count). The maximum atomic E-state index is 12.3. The maximum absolute atomic E-state index is 12.3. The summed E-state index contributed by atoms with van der Waals surface area (Å²) in [6.07, 6.45) is 4.06. The summed E-state index contributed by atoms with van der Waals surface area (Å²) in [4.78, 5) is 24.7. The van der Waals surface area contributed by atoms with Crippen molar-refractivity contribution in [3.05, 3.63) is 27.1 Å². The molecule has 1 aliphatic rings. The van der Waals surface area contributed by atoms with Crippen LogP contribution in [0.15, 0.2) is 12.1 Å². The van der Waals surface area contributed by atoms with Gasteiger partial charge in [-0.15, -0.1) is 0 Å². The second-order valence-electron chi connectivity index (χ2n) is 5.11. The van der Waals surface area contributed by atoms with Gasteiger partial charge in [-0.25, -0.2) is 0 Å². The quantitative estimate of drug-likeness (QED) is 0.683. The number of hydrogen-bond acceptors (Lipinski definition) is 5. The summed E-state index contributed by atoms with van der Waals surface area (Å²) in [6, 6.07) is 3.70. The van der Waals surface area contributed by atoms with Crippen molar-refractivity contribution in [1.82, 2.24) is 10.2 Å². The first-order chi connectivity index (χ1) is 9.52. The van der Waals surface area contributed by atoms with Gasteiger partial charge in [0.15, 0.2) is 0 Å². The molecule has 1 aliphatic carbocycles. The lowest BCUT2D eigenvalue weighted by Crippen LogP contribution is -2.42. The first-order valence-electron chi connectivity index (χ1n) is 6.71. The molecule has 0 aromatic carbocycles. The number of nitro groups is 1. The van der Waals surface area contributed by atoms with Crippen molar-refractivity contribution in [3.8, 4) is 0 Å². The molecule has 0 radical (unpaired) electrons. The highest BCUT2D eigenvalue weighted by Gasteiger charge is 2.27. The summed E-state index contributed by atoms with van der Waals surface area (Å²) in [6.45, 7) is 0. The molecule has 1 fully saturated rings. The van der Waals surface area contributed by atoms with Crippen LogP contribution in [0.4, 0.5) is 5.00 Å². The summed E-state index contributed by atoms with van der Waals surface area (Å²) in [5.74, 6) is -0.115. The molecule has 20 heavy (non-hydrogen) atoms. The Balaban J connectivity index is 1.99. The van der Waals surface area contributed by atoms with Crippen LogP contribution in [0, 0.1) is 10.1 Å². The van der Waals surface area contributed by atoms with Crippen LogP contribution in [0.2, 0.25) is 0 Å². The van der Waals surface area contributed by atoms with E-state index in [2.05, 4.69) is 5.32 Å². The van der Waals surface area contributed by atoms with Crippen LogP contribution >= 0.6 is 11.3 Å². The Hall–Kier alpha value is -1.47. The first kappa shape index (κ1) is 14.9. The molecule has 1 amide bonds. The molecule has 1 aromatic rings. The number of carbonyl (C=O) groups excluding carboxylic acids is 1. The Morgan fingerprint density at radius 2 is 2.05 bits per heavy atom. The van der Waals surface area contributed by atoms with Crippen molar-refractivity contribution in [2.75, 3.05) is 14.1 Å². The Kier molecular flexibility index (Phi) is 4.72. The van der Waals surface area contributed by atoms with Gasteiger partial charge in [-0.1, -0.05) is 11.3 Å². The molecule has 1 saturated carbocycles. The first-order valence-corrected chi connectivity index (χ1v) is 7.53. The van der Waals surface area contributed by atoms with E-state index in [9.17, 15) is 14.9 Å². The van der Waals surface area contributed by atoms with Gasteiger partial charge in [-0.2, -0.15) is 0 Å². The van der Waals surface area contributed by atoms with Crippen LogP contribution in [-0.2, 0) is 0 Å². The van der Waals surface area contributed by atoms with E-state index in [1.54, 1.807) is 18.0 Å². The minimum absolute atomic E-state index is 0.0145. The van der Waals surface area contributed by atoms with E-state index in [0.29, 0.717) is 10.9 Å². The average Bonchev–Trinajstić information content (AvgIpc) is 2.96.